The molecule has 0 aliphatic heterocycles. The SMILES string of the molecule is O=C(O)c1ccnc2c1ccc1c(C(=O)O)ccnc12. The third kappa shape index (κ3) is 1.66. The monoisotopic (exact) mass is 268 g/mol. The van der Waals surface area contributed by atoms with E-state index in [1.807, 2.05) is 0 Å². The Morgan fingerprint density at radius 2 is 1.15 bits per heavy atom. The second-order valence-electron chi connectivity index (χ2n) is 4.19. The van der Waals surface area contributed by atoms with Gasteiger partial charge >= 0.3 is 11.9 Å². The van der Waals surface area contributed by atoms with Gasteiger partial charge in [0.1, 0.15) is 0 Å². The van der Waals surface area contributed by atoms with Crippen molar-refractivity contribution in [1.29, 1.82) is 0 Å². The van der Waals surface area contributed by atoms with Crippen molar-refractivity contribution in [3.63, 3.8) is 0 Å². The van der Waals surface area contributed by atoms with Gasteiger partial charge in [-0.1, -0.05) is 12.1 Å². The first-order valence-electron chi connectivity index (χ1n) is 5.72. The Balaban J connectivity index is 2.49. The van der Waals surface area contributed by atoms with Gasteiger partial charge in [-0.15, -0.1) is 0 Å². The molecular formula is C14H8N2O4. The Morgan fingerprint density at radius 1 is 0.750 bits per heavy atom. The number of carboxylic acids is 2. The van der Waals surface area contributed by atoms with Crippen LogP contribution in [0.5, 0.6) is 0 Å². The number of aromatic carboxylic acids is 2. The van der Waals surface area contributed by atoms with Gasteiger partial charge in [-0.05, 0) is 12.1 Å². The third-order valence-corrected chi connectivity index (χ3v) is 3.08. The van der Waals surface area contributed by atoms with Crippen molar-refractivity contribution in [3.05, 3.63) is 47.8 Å². The number of hydrogen-bond donors (Lipinski definition) is 2. The maximum absolute atomic E-state index is 11.2. The van der Waals surface area contributed by atoms with Crippen LogP contribution < -0.4 is 0 Å². The third-order valence-electron chi connectivity index (χ3n) is 3.08. The molecule has 20 heavy (non-hydrogen) atoms. The van der Waals surface area contributed by atoms with Crippen molar-refractivity contribution in [3.8, 4) is 0 Å². The first-order valence-corrected chi connectivity index (χ1v) is 5.72. The summed E-state index contributed by atoms with van der Waals surface area (Å²) in [6.45, 7) is 0. The van der Waals surface area contributed by atoms with Crippen LogP contribution in [0.3, 0.4) is 0 Å². The maximum atomic E-state index is 11.2. The highest BCUT2D eigenvalue weighted by Crippen LogP contribution is 2.26. The number of benzene rings is 1. The van der Waals surface area contributed by atoms with E-state index >= 15 is 0 Å². The minimum atomic E-state index is -1.06. The van der Waals surface area contributed by atoms with Crippen LogP contribution in [0.25, 0.3) is 21.8 Å². The van der Waals surface area contributed by atoms with Crippen molar-refractivity contribution < 1.29 is 19.8 Å². The zero-order chi connectivity index (χ0) is 14.3. The zero-order valence-corrected chi connectivity index (χ0v) is 10.1. The fraction of sp³-hybridized carbons (Fsp3) is 0. The second kappa shape index (κ2) is 4.27. The molecule has 6 heteroatoms. The lowest BCUT2D eigenvalue weighted by Crippen LogP contribution is -2.01. The number of fused-ring (bicyclic) bond motifs is 3. The van der Waals surface area contributed by atoms with Crippen LogP contribution in [0.15, 0.2) is 36.7 Å². The number of carbonyl (C=O) groups is 2. The molecule has 0 amide bonds. The van der Waals surface area contributed by atoms with Gasteiger partial charge in [-0.25, -0.2) is 9.59 Å². The summed E-state index contributed by atoms with van der Waals surface area (Å²) in [4.78, 5) is 30.6. The summed E-state index contributed by atoms with van der Waals surface area (Å²) in [6, 6.07) is 5.92. The minimum Gasteiger partial charge on any atom is -0.478 e. The molecule has 1 aromatic carbocycles. The first kappa shape index (κ1) is 12.0. The summed E-state index contributed by atoms with van der Waals surface area (Å²) in [5, 5.41) is 19.2. The van der Waals surface area contributed by atoms with E-state index in [-0.39, 0.29) is 11.1 Å². The molecule has 0 aliphatic rings. The number of pyridine rings is 2. The molecule has 3 aromatic rings. The average Bonchev–Trinajstić information content (AvgIpc) is 2.45. The predicted octanol–water partition coefficient (Wildman–Crippen LogP) is 2.18. The fourth-order valence-corrected chi connectivity index (χ4v) is 2.20. The van der Waals surface area contributed by atoms with Crippen LogP contribution in [0.4, 0.5) is 0 Å². The number of nitrogens with zero attached hydrogens (tertiary/aromatic N) is 2. The van der Waals surface area contributed by atoms with E-state index in [2.05, 4.69) is 9.97 Å². The van der Waals surface area contributed by atoms with Gasteiger partial charge in [0.05, 0.1) is 22.2 Å². The summed E-state index contributed by atoms with van der Waals surface area (Å²) in [5.74, 6) is -2.13. The van der Waals surface area contributed by atoms with Gasteiger partial charge in [-0.2, -0.15) is 0 Å². The molecule has 98 valence electrons. The highest BCUT2D eigenvalue weighted by atomic mass is 16.4. The average molecular weight is 268 g/mol. The Bertz CT molecular complexity index is 801. The van der Waals surface area contributed by atoms with Crippen LogP contribution in [-0.4, -0.2) is 32.1 Å². The molecule has 0 bridgehead atoms. The predicted molar refractivity (Wildman–Crippen MR) is 71.0 cm³/mol. The molecule has 0 saturated carbocycles. The van der Waals surface area contributed by atoms with Crippen LogP contribution >= 0.6 is 0 Å². The van der Waals surface area contributed by atoms with Gasteiger partial charge in [0.25, 0.3) is 0 Å². The van der Waals surface area contributed by atoms with Crippen LogP contribution in [0, 0.1) is 0 Å². The molecule has 0 saturated heterocycles. The smallest absolute Gasteiger partial charge is 0.336 e. The number of aromatic nitrogens is 2. The number of rotatable bonds is 2. The lowest BCUT2D eigenvalue weighted by atomic mass is 10.0. The van der Waals surface area contributed by atoms with Crippen molar-refractivity contribution in [2.75, 3.05) is 0 Å². The van der Waals surface area contributed by atoms with E-state index in [1.165, 1.54) is 24.5 Å². The van der Waals surface area contributed by atoms with Gasteiger partial charge < -0.3 is 10.2 Å². The van der Waals surface area contributed by atoms with Crippen molar-refractivity contribution in [1.82, 2.24) is 9.97 Å². The van der Waals surface area contributed by atoms with Gasteiger partial charge in [0.15, 0.2) is 0 Å². The van der Waals surface area contributed by atoms with Crippen molar-refractivity contribution in [2.24, 2.45) is 0 Å². The first-order chi connectivity index (χ1) is 9.59. The second-order valence-corrected chi connectivity index (χ2v) is 4.19. The Morgan fingerprint density at radius 3 is 1.50 bits per heavy atom. The molecule has 0 aliphatic carbocycles. The largest absolute Gasteiger partial charge is 0.478 e. The van der Waals surface area contributed by atoms with E-state index in [1.54, 1.807) is 12.1 Å². The highest BCUT2D eigenvalue weighted by molar-refractivity contribution is 6.14. The molecule has 2 N–H and O–H groups in total. The molecule has 3 rings (SSSR count). The van der Waals surface area contributed by atoms with Crippen LogP contribution in [0.1, 0.15) is 20.7 Å². The Hall–Kier alpha value is -3.02. The fourth-order valence-electron chi connectivity index (χ4n) is 2.20. The summed E-state index contributed by atoms with van der Waals surface area (Å²) >= 11 is 0. The van der Waals surface area contributed by atoms with E-state index in [0.29, 0.717) is 21.8 Å². The summed E-state index contributed by atoms with van der Waals surface area (Å²) in [7, 11) is 0. The summed E-state index contributed by atoms with van der Waals surface area (Å²) in [6.07, 6.45) is 2.75. The van der Waals surface area contributed by atoms with Gasteiger partial charge in [-0.3, -0.25) is 9.97 Å². The molecule has 6 nitrogen and oxygen atoms in total. The molecule has 0 atom stereocenters. The zero-order valence-electron chi connectivity index (χ0n) is 10.1. The molecule has 0 spiro atoms. The summed E-state index contributed by atoms with van der Waals surface area (Å²) in [5.41, 5.74) is 0.981. The normalized spacial score (nSPS) is 10.8. The van der Waals surface area contributed by atoms with E-state index in [9.17, 15) is 9.59 Å². The molecule has 0 fully saturated rings. The highest BCUT2D eigenvalue weighted by Gasteiger charge is 2.15. The quantitative estimate of drug-likeness (QED) is 0.691. The lowest BCUT2D eigenvalue weighted by Gasteiger charge is -2.06. The lowest BCUT2D eigenvalue weighted by molar-refractivity contribution is 0.0688. The van der Waals surface area contributed by atoms with Crippen molar-refractivity contribution in [2.45, 2.75) is 0 Å². The molecule has 0 radical (unpaired) electrons. The Kier molecular flexibility index (Phi) is 2.57. The van der Waals surface area contributed by atoms with Crippen LogP contribution in [-0.2, 0) is 0 Å². The Labute approximate surface area is 112 Å². The number of hydrogen-bond acceptors (Lipinski definition) is 4. The van der Waals surface area contributed by atoms with E-state index in [0.717, 1.165) is 0 Å². The van der Waals surface area contributed by atoms with Crippen molar-refractivity contribution >= 4 is 33.7 Å². The van der Waals surface area contributed by atoms with Gasteiger partial charge in [0.2, 0.25) is 0 Å². The molecule has 2 heterocycles. The topological polar surface area (TPSA) is 100 Å². The molecule has 2 aromatic heterocycles. The van der Waals surface area contributed by atoms with Crippen LogP contribution in [0.2, 0.25) is 0 Å². The summed E-state index contributed by atoms with van der Waals surface area (Å²) < 4.78 is 0. The van der Waals surface area contributed by atoms with E-state index in [4.69, 9.17) is 10.2 Å². The number of carboxylic acid groups (broad SMARTS) is 2. The molecule has 0 unspecified atom stereocenters. The molecular weight excluding hydrogens is 260 g/mol. The minimum absolute atomic E-state index is 0.111. The maximum Gasteiger partial charge on any atom is 0.336 e. The standard InChI is InChI=1S/C14H8N2O4/c17-13(18)9-3-5-15-11-7(9)1-2-8-10(14(19)20)4-6-16-12(8)11/h1-6H,(H,17,18)(H,19,20). The van der Waals surface area contributed by atoms with Gasteiger partial charge in [0, 0.05) is 23.2 Å². The van der Waals surface area contributed by atoms with E-state index < -0.39 is 11.9 Å².